The average Bonchev–Trinajstić information content (AvgIpc) is 3.33. The molecule has 25 heavy (non-hydrogen) atoms. The van der Waals surface area contributed by atoms with E-state index in [1.807, 2.05) is 31.2 Å². The molecule has 8 heteroatoms. The molecule has 0 aliphatic heterocycles. The van der Waals surface area contributed by atoms with Gasteiger partial charge < -0.3 is 19.5 Å². The lowest BCUT2D eigenvalue weighted by Gasteiger charge is -2.14. The van der Waals surface area contributed by atoms with Crippen LogP contribution in [0.15, 0.2) is 58.4 Å². The molecular formula is C17H16N4O4. The number of carbonyl (C=O) groups is 2. The van der Waals surface area contributed by atoms with Crippen molar-refractivity contribution in [1.29, 1.82) is 0 Å². The minimum Gasteiger partial charge on any atom is -0.451 e. The summed E-state index contributed by atoms with van der Waals surface area (Å²) in [7, 11) is 0. The van der Waals surface area contributed by atoms with Crippen LogP contribution in [0.4, 0.5) is 0 Å². The first-order valence-corrected chi connectivity index (χ1v) is 7.58. The number of benzene rings is 1. The van der Waals surface area contributed by atoms with Gasteiger partial charge in [-0.05, 0) is 18.1 Å². The highest BCUT2D eigenvalue weighted by atomic mass is 16.3. The van der Waals surface area contributed by atoms with Crippen molar-refractivity contribution in [3.8, 4) is 0 Å². The Labute approximate surface area is 143 Å². The number of hydrogen-bond acceptors (Lipinski definition) is 6. The third kappa shape index (κ3) is 4.11. The predicted octanol–water partition coefficient (Wildman–Crippen LogP) is 2.08. The second kappa shape index (κ2) is 7.43. The highest BCUT2D eigenvalue weighted by molar-refractivity contribution is 5.92. The SMILES string of the molecule is C[C@@H](NC(=O)c1cocn1)c1ccc(CNC(=O)c2cocn2)cc1. The zero-order valence-electron chi connectivity index (χ0n) is 13.4. The van der Waals surface area contributed by atoms with Crippen molar-refractivity contribution in [3.63, 3.8) is 0 Å². The maximum absolute atomic E-state index is 12.0. The standard InChI is InChI=1S/C17H16N4O4/c1-11(21-17(23)15-8-25-10-20-15)13-4-2-12(3-5-13)6-18-16(22)14-7-24-9-19-14/h2-5,7-11H,6H2,1H3,(H,18,22)(H,21,23)/t11-/m1/s1. The number of nitrogens with one attached hydrogen (secondary N) is 2. The molecule has 2 aromatic heterocycles. The van der Waals surface area contributed by atoms with Crippen molar-refractivity contribution in [3.05, 3.63) is 72.1 Å². The predicted molar refractivity (Wildman–Crippen MR) is 86.5 cm³/mol. The van der Waals surface area contributed by atoms with E-state index in [1.165, 1.54) is 25.3 Å². The molecule has 0 aliphatic rings. The minimum atomic E-state index is -0.301. The molecule has 2 N–H and O–H groups in total. The van der Waals surface area contributed by atoms with Gasteiger partial charge in [-0.25, -0.2) is 9.97 Å². The highest BCUT2D eigenvalue weighted by Crippen LogP contribution is 2.14. The molecule has 0 saturated heterocycles. The Bertz CT molecular complexity index is 826. The Morgan fingerprint density at radius 3 is 2.16 bits per heavy atom. The topological polar surface area (TPSA) is 110 Å². The van der Waals surface area contributed by atoms with Crippen LogP contribution in [-0.2, 0) is 6.54 Å². The van der Waals surface area contributed by atoms with Gasteiger partial charge in [0.15, 0.2) is 24.2 Å². The van der Waals surface area contributed by atoms with E-state index < -0.39 is 0 Å². The van der Waals surface area contributed by atoms with Gasteiger partial charge in [0, 0.05) is 6.54 Å². The lowest BCUT2D eigenvalue weighted by Crippen LogP contribution is -2.27. The van der Waals surface area contributed by atoms with E-state index in [0.717, 1.165) is 11.1 Å². The van der Waals surface area contributed by atoms with Crippen molar-refractivity contribution in [2.45, 2.75) is 19.5 Å². The Kier molecular flexibility index (Phi) is 4.89. The van der Waals surface area contributed by atoms with Gasteiger partial charge in [0.2, 0.25) is 0 Å². The monoisotopic (exact) mass is 340 g/mol. The summed E-state index contributed by atoms with van der Waals surface area (Å²) in [5.74, 6) is -0.601. The fourth-order valence-corrected chi connectivity index (χ4v) is 2.20. The molecule has 0 fully saturated rings. The first-order chi connectivity index (χ1) is 12.1. The van der Waals surface area contributed by atoms with Gasteiger partial charge in [0.25, 0.3) is 11.8 Å². The summed E-state index contributed by atoms with van der Waals surface area (Å²) >= 11 is 0. The van der Waals surface area contributed by atoms with Crippen molar-refractivity contribution < 1.29 is 18.4 Å². The second-order valence-electron chi connectivity index (χ2n) is 5.37. The van der Waals surface area contributed by atoms with Gasteiger partial charge in [-0.15, -0.1) is 0 Å². The summed E-state index contributed by atoms with van der Waals surface area (Å²) in [6.07, 6.45) is 5.00. The molecule has 0 radical (unpaired) electrons. The number of oxazole rings is 2. The second-order valence-corrected chi connectivity index (χ2v) is 5.37. The largest absolute Gasteiger partial charge is 0.451 e. The van der Waals surface area contributed by atoms with Crippen LogP contribution in [0.2, 0.25) is 0 Å². The fourth-order valence-electron chi connectivity index (χ4n) is 2.20. The van der Waals surface area contributed by atoms with Crippen molar-refractivity contribution >= 4 is 11.8 Å². The number of carbonyl (C=O) groups excluding carboxylic acids is 2. The number of rotatable bonds is 6. The first kappa shape index (κ1) is 16.4. The summed E-state index contributed by atoms with van der Waals surface area (Å²) in [4.78, 5) is 31.3. The third-order valence-electron chi connectivity index (χ3n) is 3.61. The summed E-state index contributed by atoms with van der Waals surface area (Å²) in [5.41, 5.74) is 2.33. The van der Waals surface area contributed by atoms with E-state index in [2.05, 4.69) is 20.6 Å². The molecule has 0 bridgehead atoms. The summed E-state index contributed by atoms with van der Waals surface area (Å²) in [5, 5.41) is 5.59. The normalized spacial score (nSPS) is 11.7. The van der Waals surface area contributed by atoms with Crippen LogP contribution < -0.4 is 10.6 Å². The number of nitrogens with zero attached hydrogens (tertiary/aromatic N) is 2. The van der Waals surface area contributed by atoms with E-state index in [9.17, 15) is 9.59 Å². The fraction of sp³-hybridized carbons (Fsp3) is 0.176. The van der Waals surface area contributed by atoms with Crippen molar-refractivity contribution in [2.75, 3.05) is 0 Å². The average molecular weight is 340 g/mol. The Balaban J connectivity index is 1.54. The summed E-state index contributed by atoms with van der Waals surface area (Å²) < 4.78 is 9.57. The Morgan fingerprint density at radius 1 is 1.00 bits per heavy atom. The quantitative estimate of drug-likeness (QED) is 0.711. The molecule has 0 aliphatic carbocycles. The molecular weight excluding hydrogens is 324 g/mol. The minimum absolute atomic E-state index is 0.192. The van der Waals surface area contributed by atoms with Crippen LogP contribution in [0.25, 0.3) is 0 Å². The lowest BCUT2D eigenvalue weighted by molar-refractivity contribution is 0.0930. The molecule has 1 atom stereocenters. The van der Waals surface area contributed by atoms with Crippen LogP contribution >= 0.6 is 0 Å². The van der Waals surface area contributed by atoms with Crippen LogP contribution in [0.5, 0.6) is 0 Å². The molecule has 3 aromatic rings. The van der Waals surface area contributed by atoms with E-state index in [4.69, 9.17) is 8.83 Å². The summed E-state index contributed by atoms with van der Waals surface area (Å²) in [6.45, 7) is 2.24. The molecule has 8 nitrogen and oxygen atoms in total. The van der Waals surface area contributed by atoms with Crippen molar-refractivity contribution in [2.24, 2.45) is 0 Å². The van der Waals surface area contributed by atoms with E-state index in [1.54, 1.807) is 0 Å². The van der Waals surface area contributed by atoms with Crippen molar-refractivity contribution in [1.82, 2.24) is 20.6 Å². The highest BCUT2D eigenvalue weighted by Gasteiger charge is 2.13. The molecule has 128 valence electrons. The lowest BCUT2D eigenvalue weighted by atomic mass is 10.1. The molecule has 0 saturated carbocycles. The van der Waals surface area contributed by atoms with Gasteiger partial charge in [-0.1, -0.05) is 24.3 Å². The Hall–Kier alpha value is -3.42. The van der Waals surface area contributed by atoms with E-state index >= 15 is 0 Å². The smallest absolute Gasteiger partial charge is 0.273 e. The first-order valence-electron chi connectivity index (χ1n) is 7.58. The van der Waals surface area contributed by atoms with Gasteiger partial charge in [0.05, 0.1) is 6.04 Å². The molecule has 1 aromatic carbocycles. The number of amides is 2. The number of aromatic nitrogens is 2. The Morgan fingerprint density at radius 2 is 1.60 bits per heavy atom. The van der Waals surface area contributed by atoms with Gasteiger partial charge in [0.1, 0.15) is 12.5 Å². The van der Waals surface area contributed by atoms with Gasteiger partial charge in [-0.3, -0.25) is 9.59 Å². The van der Waals surface area contributed by atoms with Crippen LogP contribution in [0, 0.1) is 0 Å². The zero-order chi connectivity index (χ0) is 17.6. The third-order valence-corrected chi connectivity index (χ3v) is 3.61. The van der Waals surface area contributed by atoms with Crippen LogP contribution in [0.1, 0.15) is 45.1 Å². The van der Waals surface area contributed by atoms with Crippen LogP contribution in [0.3, 0.4) is 0 Å². The number of hydrogen-bond donors (Lipinski definition) is 2. The molecule has 0 unspecified atom stereocenters. The maximum Gasteiger partial charge on any atom is 0.273 e. The summed E-state index contributed by atoms with van der Waals surface area (Å²) in [6, 6.07) is 7.37. The van der Waals surface area contributed by atoms with Gasteiger partial charge >= 0.3 is 0 Å². The molecule has 2 heterocycles. The molecule has 2 amide bonds. The van der Waals surface area contributed by atoms with Crippen LogP contribution in [-0.4, -0.2) is 21.8 Å². The molecule has 3 rings (SSSR count). The van der Waals surface area contributed by atoms with E-state index in [0.29, 0.717) is 6.54 Å². The zero-order valence-corrected chi connectivity index (χ0v) is 13.4. The maximum atomic E-state index is 12.0. The van der Waals surface area contributed by atoms with E-state index in [-0.39, 0.29) is 29.2 Å². The van der Waals surface area contributed by atoms with Gasteiger partial charge in [-0.2, -0.15) is 0 Å². The molecule has 0 spiro atoms.